The van der Waals surface area contributed by atoms with Gasteiger partial charge in [0, 0.05) is 38.8 Å². The summed E-state index contributed by atoms with van der Waals surface area (Å²) < 4.78 is 92.2. The van der Waals surface area contributed by atoms with Crippen LogP contribution in [0.1, 0.15) is 22.6 Å². The number of amides is 2. The number of likely N-dealkylation sites (N-methyl/N-ethyl adjacent to an activating group) is 1. The molecule has 0 unspecified atom stereocenters. The first-order valence-corrected chi connectivity index (χ1v) is 9.55. The highest BCUT2D eigenvalue weighted by Crippen LogP contribution is 2.38. The molecule has 2 amide bonds. The fourth-order valence-electron chi connectivity index (χ4n) is 3.74. The number of urea groups is 1. The highest BCUT2D eigenvalue weighted by atomic mass is 19.4. The Morgan fingerprint density at radius 3 is 1.94 bits per heavy atom. The first-order valence-electron chi connectivity index (χ1n) is 9.55. The molecule has 11 heteroatoms. The summed E-state index contributed by atoms with van der Waals surface area (Å²) in [5.74, 6) is -0.657. The van der Waals surface area contributed by atoms with Crippen LogP contribution in [0.3, 0.4) is 0 Å². The van der Waals surface area contributed by atoms with E-state index < -0.39 is 47.1 Å². The minimum atomic E-state index is -5.02. The van der Waals surface area contributed by atoms with Crippen molar-refractivity contribution in [2.24, 2.45) is 0 Å². The molecule has 2 atom stereocenters. The van der Waals surface area contributed by atoms with Crippen LogP contribution in [0.15, 0.2) is 42.5 Å². The first-order chi connectivity index (χ1) is 14.8. The van der Waals surface area contributed by atoms with Gasteiger partial charge < -0.3 is 10.2 Å². The average molecular weight is 463 g/mol. The van der Waals surface area contributed by atoms with Crippen LogP contribution in [-0.2, 0) is 12.4 Å². The molecule has 0 radical (unpaired) electrons. The van der Waals surface area contributed by atoms with Crippen molar-refractivity contribution in [2.75, 3.05) is 32.1 Å². The van der Waals surface area contributed by atoms with Crippen molar-refractivity contribution in [3.63, 3.8) is 0 Å². The van der Waals surface area contributed by atoms with Crippen LogP contribution in [0.4, 0.5) is 41.2 Å². The molecule has 1 heterocycles. The van der Waals surface area contributed by atoms with E-state index in [0.29, 0.717) is 25.2 Å². The zero-order valence-electron chi connectivity index (χ0n) is 17.1. The van der Waals surface area contributed by atoms with E-state index in [2.05, 4.69) is 5.32 Å². The highest BCUT2D eigenvalue weighted by Gasteiger charge is 2.39. The summed E-state index contributed by atoms with van der Waals surface area (Å²) >= 11 is 0. The number of anilines is 1. The fraction of sp³-hybridized carbons (Fsp3) is 0.381. The quantitative estimate of drug-likeness (QED) is 0.643. The Labute approximate surface area is 179 Å². The number of alkyl halides is 6. The van der Waals surface area contributed by atoms with Gasteiger partial charge in [0.2, 0.25) is 0 Å². The van der Waals surface area contributed by atoms with E-state index in [9.17, 15) is 35.5 Å². The van der Waals surface area contributed by atoms with Gasteiger partial charge in [-0.3, -0.25) is 4.90 Å². The molecule has 1 saturated heterocycles. The van der Waals surface area contributed by atoms with E-state index in [4.69, 9.17) is 0 Å². The Hall–Kier alpha value is -2.82. The summed E-state index contributed by atoms with van der Waals surface area (Å²) in [4.78, 5) is 15.0. The van der Waals surface area contributed by atoms with E-state index in [1.807, 2.05) is 0 Å². The summed E-state index contributed by atoms with van der Waals surface area (Å²) in [5, 5.41) is 3.10. The third kappa shape index (κ3) is 4.98. The second kappa shape index (κ2) is 8.61. The van der Waals surface area contributed by atoms with Crippen molar-refractivity contribution < 1.29 is 35.5 Å². The van der Waals surface area contributed by atoms with Gasteiger partial charge in [-0.15, -0.1) is 0 Å². The van der Waals surface area contributed by atoms with Crippen LogP contribution >= 0.6 is 0 Å². The summed E-state index contributed by atoms with van der Waals surface area (Å²) in [7, 11) is 2.54. The van der Waals surface area contributed by atoms with E-state index in [1.165, 1.54) is 24.1 Å². The summed E-state index contributed by atoms with van der Waals surface area (Å²) in [6.07, 6.45) is -10.0. The maximum atomic E-state index is 13.2. The van der Waals surface area contributed by atoms with Crippen LogP contribution in [0.25, 0.3) is 0 Å². The molecule has 0 spiro atoms. The molecular weight excluding hydrogens is 443 g/mol. The Morgan fingerprint density at radius 2 is 1.44 bits per heavy atom. The number of hydrogen-bond donors (Lipinski definition) is 1. The molecule has 0 aromatic heterocycles. The lowest BCUT2D eigenvalue weighted by Gasteiger charge is -2.33. The zero-order chi connectivity index (χ0) is 23.8. The Kier molecular flexibility index (Phi) is 6.41. The predicted octanol–water partition coefficient (Wildman–Crippen LogP) is 5.11. The van der Waals surface area contributed by atoms with Gasteiger partial charge in [0.1, 0.15) is 5.82 Å². The van der Waals surface area contributed by atoms with Crippen molar-refractivity contribution in [1.82, 2.24) is 10.2 Å². The lowest BCUT2D eigenvalue weighted by Crippen LogP contribution is -2.47. The van der Waals surface area contributed by atoms with Crippen LogP contribution in [0.2, 0.25) is 0 Å². The van der Waals surface area contributed by atoms with Gasteiger partial charge in [-0.05, 0) is 35.9 Å². The number of nitrogens with zero attached hydrogens (tertiary/aromatic N) is 2. The predicted molar refractivity (Wildman–Crippen MR) is 104 cm³/mol. The average Bonchev–Trinajstić information content (AvgIpc) is 3.21. The summed E-state index contributed by atoms with van der Waals surface area (Å²) in [5.41, 5.74) is -2.79. The minimum Gasteiger partial charge on any atom is -0.322 e. The SMILES string of the molecule is CN(C(=O)N(C)[C@H]1CNC[C@H]1c1ccc(F)cc1)c1cc(C(F)(F)F)cc(C(F)(F)F)c1. The van der Waals surface area contributed by atoms with Crippen molar-refractivity contribution >= 4 is 11.7 Å². The van der Waals surface area contributed by atoms with E-state index in [0.717, 1.165) is 17.5 Å². The Bertz CT molecular complexity index is 941. The van der Waals surface area contributed by atoms with E-state index in [1.54, 1.807) is 12.1 Å². The molecule has 2 aromatic rings. The maximum absolute atomic E-state index is 13.2. The molecule has 1 aliphatic heterocycles. The third-order valence-corrected chi connectivity index (χ3v) is 5.53. The van der Waals surface area contributed by atoms with Crippen molar-refractivity contribution in [1.29, 1.82) is 0 Å². The second-order valence-electron chi connectivity index (χ2n) is 7.60. The summed E-state index contributed by atoms with van der Waals surface area (Å²) in [6.45, 7) is 0.827. The third-order valence-electron chi connectivity index (χ3n) is 5.53. The standard InChI is InChI=1S/C21H20F7N3O/c1-30(16-8-13(20(23,24)25)7-14(9-16)21(26,27)28)19(32)31(2)18-11-29-10-17(18)12-3-5-15(22)6-4-12/h3-9,17-18,29H,10-11H2,1-2H3/t17-,18-/m0/s1. The lowest BCUT2D eigenvalue weighted by molar-refractivity contribution is -0.143. The van der Waals surface area contributed by atoms with Crippen LogP contribution in [-0.4, -0.2) is 44.2 Å². The number of nitrogens with one attached hydrogen (secondary N) is 1. The molecule has 1 fully saturated rings. The van der Waals surface area contributed by atoms with Gasteiger partial charge >= 0.3 is 18.4 Å². The lowest BCUT2D eigenvalue weighted by atomic mass is 9.93. The van der Waals surface area contributed by atoms with Gasteiger partial charge in [-0.1, -0.05) is 12.1 Å². The van der Waals surface area contributed by atoms with Crippen LogP contribution in [0, 0.1) is 5.82 Å². The smallest absolute Gasteiger partial charge is 0.322 e. The van der Waals surface area contributed by atoms with Gasteiger partial charge in [0.25, 0.3) is 0 Å². The summed E-state index contributed by atoms with van der Waals surface area (Å²) in [6, 6.07) is 5.50. The van der Waals surface area contributed by atoms with Crippen LogP contribution < -0.4 is 10.2 Å². The maximum Gasteiger partial charge on any atom is 0.416 e. The highest BCUT2D eigenvalue weighted by molar-refractivity contribution is 5.92. The molecule has 1 N–H and O–H groups in total. The number of carbonyl (C=O) groups is 1. The monoisotopic (exact) mass is 463 g/mol. The Balaban J connectivity index is 1.89. The topological polar surface area (TPSA) is 35.6 Å². The van der Waals surface area contributed by atoms with Gasteiger partial charge in [-0.25, -0.2) is 9.18 Å². The van der Waals surface area contributed by atoms with Gasteiger partial charge in [0.15, 0.2) is 0 Å². The molecule has 174 valence electrons. The van der Waals surface area contributed by atoms with Gasteiger partial charge in [-0.2, -0.15) is 26.3 Å². The van der Waals surface area contributed by atoms with Crippen molar-refractivity contribution in [3.8, 4) is 0 Å². The number of carbonyl (C=O) groups excluding carboxylic acids is 1. The number of halogens is 7. The molecule has 0 bridgehead atoms. The van der Waals surface area contributed by atoms with E-state index >= 15 is 0 Å². The molecule has 0 saturated carbocycles. The molecule has 0 aliphatic carbocycles. The van der Waals surface area contributed by atoms with Gasteiger partial charge in [0.05, 0.1) is 17.2 Å². The number of hydrogen-bond acceptors (Lipinski definition) is 2. The normalized spacial score (nSPS) is 19.2. The van der Waals surface area contributed by atoms with E-state index in [-0.39, 0.29) is 12.0 Å². The molecule has 32 heavy (non-hydrogen) atoms. The molecule has 2 aromatic carbocycles. The first kappa shape index (κ1) is 23.8. The Morgan fingerprint density at radius 1 is 0.906 bits per heavy atom. The zero-order valence-corrected chi connectivity index (χ0v) is 17.1. The number of benzene rings is 2. The second-order valence-corrected chi connectivity index (χ2v) is 7.60. The molecule has 4 nitrogen and oxygen atoms in total. The van der Waals surface area contributed by atoms with Crippen LogP contribution in [0.5, 0.6) is 0 Å². The largest absolute Gasteiger partial charge is 0.416 e. The molecular formula is C21H20F7N3O. The number of rotatable bonds is 3. The van der Waals surface area contributed by atoms with Crippen molar-refractivity contribution in [3.05, 3.63) is 65.0 Å². The molecule has 3 rings (SSSR count). The molecule has 1 aliphatic rings. The minimum absolute atomic E-state index is 0.0109. The fourth-order valence-corrected chi connectivity index (χ4v) is 3.74. The van der Waals surface area contributed by atoms with Crippen molar-refractivity contribution in [2.45, 2.75) is 24.3 Å².